The van der Waals surface area contributed by atoms with Crippen molar-refractivity contribution in [2.24, 2.45) is 5.92 Å². The lowest BCUT2D eigenvalue weighted by Gasteiger charge is -2.29. The largest absolute Gasteiger partial charge is 0.469 e. The number of benzene rings is 2. The highest BCUT2D eigenvalue weighted by Crippen LogP contribution is 2.54. The fraction of sp³-hybridized carbons (Fsp3) is 0.185. The number of nitrogens with one attached hydrogen (secondary N) is 1. The molecule has 3 amide bonds. The fourth-order valence-electron chi connectivity index (χ4n) is 5.05. The number of thiazole rings is 1. The first-order chi connectivity index (χ1) is 19.5. The van der Waals surface area contributed by atoms with E-state index in [0.717, 1.165) is 56.8 Å². The highest BCUT2D eigenvalue weighted by molar-refractivity contribution is 8.00. The van der Waals surface area contributed by atoms with E-state index in [9.17, 15) is 36.7 Å². The maximum atomic E-state index is 13.7. The van der Waals surface area contributed by atoms with Crippen molar-refractivity contribution in [2.45, 2.75) is 28.9 Å². The zero-order chi connectivity index (χ0) is 29.1. The highest BCUT2D eigenvalue weighted by Gasteiger charge is 2.57. The summed E-state index contributed by atoms with van der Waals surface area (Å²) in [5.41, 5.74) is -1.33. The molecule has 0 bridgehead atoms. The Morgan fingerprint density at radius 2 is 1.71 bits per heavy atom. The number of carbonyl (C=O) groups excluding carboxylic acids is 3. The van der Waals surface area contributed by atoms with Gasteiger partial charge in [-0.15, -0.1) is 0 Å². The molecule has 1 saturated heterocycles. The molecule has 41 heavy (non-hydrogen) atoms. The van der Waals surface area contributed by atoms with Crippen LogP contribution in [0.2, 0.25) is 0 Å². The number of rotatable bonds is 5. The van der Waals surface area contributed by atoms with Crippen LogP contribution in [0.1, 0.15) is 22.1 Å². The number of hydrogen-bond donors (Lipinski definition) is 1. The molecule has 4 heterocycles. The van der Waals surface area contributed by atoms with E-state index in [2.05, 4.69) is 5.32 Å². The maximum absolute atomic E-state index is 13.7. The van der Waals surface area contributed by atoms with E-state index >= 15 is 0 Å². The van der Waals surface area contributed by atoms with Gasteiger partial charge in [0.1, 0.15) is 23.4 Å². The number of nitrogens with zero attached hydrogens (tertiary/aromatic N) is 2. The molecule has 0 saturated carbocycles. The minimum absolute atomic E-state index is 0.179. The molecule has 2 aliphatic heterocycles. The van der Waals surface area contributed by atoms with Crippen molar-refractivity contribution in [2.75, 3.05) is 10.2 Å². The van der Waals surface area contributed by atoms with E-state index in [4.69, 9.17) is 4.42 Å². The zero-order valence-corrected chi connectivity index (χ0v) is 22.2. The van der Waals surface area contributed by atoms with Gasteiger partial charge in [0.2, 0.25) is 17.7 Å². The summed E-state index contributed by atoms with van der Waals surface area (Å²) in [4.78, 5) is 54.0. The molecular weight excluding hydrogens is 586 g/mol. The van der Waals surface area contributed by atoms with Gasteiger partial charge in [-0.25, -0.2) is 9.29 Å². The Labute approximate surface area is 236 Å². The number of anilines is 2. The van der Waals surface area contributed by atoms with Crippen LogP contribution < -0.4 is 15.1 Å². The van der Waals surface area contributed by atoms with Crippen LogP contribution in [0, 0.1) is 11.7 Å². The normalized spacial score (nSPS) is 20.2. The molecule has 2 aromatic heterocycles. The summed E-state index contributed by atoms with van der Waals surface area (Å²) < 4.78 is 60.4. The van der Waals surface area contributed by atoms with Gasteiger partial charge in [-0.3, -0.25) is 23.7 Å². The maximum Gasteiger partial charge on any atom is 0.418 e. The topological polar surface area (TPSA) is 102 Å². The second-order valence-corrected chi connectivity index (χ2v) is 11.4. The van der Waals surface area contributed by atoms with Crippen LogP contribution in [0.4, 0.5) is 28.9 Å². The van der Waals surface area contributed by atoms with Gasteiger partial charge in [0, 0.05) is 0 Å². The van der Waals surface area contributed by atoms with Crippen molar-refractivity contribution in [1.82, 2.24) is 4.57 Å². The molecule has 0 radical (unpaired) electrons. The predicted molar refractivity (Wildman–Crippen MR) is 141 cm³/mol. The van der Waals surface area contributed by atoms with Crippen molar-refractivity contribution in [1.29, 1.82) is 0 Å². The summed E-state index contributed by atoms with van der Waals surface area (Å²) in [5.74, 6) is -4.07. The smallest absolute Gasteiger partial charge is 0.418 e. The number of hydrogen-bond acceptors (Lipinski definition) is 7. The molecule has 4 aromatic rings. The molecule has 0 spiro atoms. The van der Waals surface area contributed by atoms with Crippen LogP contribution in [0.3, 0.4) is 0 Å². The second-order valence-electron chi connectivity index (χ2n) is 9.26. The van der Waals surface area contributed by atoms with Crippen molar-refractivity contribution in [3.63, 3.8) is 0 Å². The van der Waals surface area contributed by atoms with Crippen molar-refractivity contribution >= 4 is 52.2 Å². The summed E-state index contributed by atoms with van der Waals surface area (Å²) in [7, 11) is 0. The first-order valence-corrected chi connectivity index (χ1v) is 13.8. The summed E-state index contributed by atoms with van der Waals surface area (Å²) in [6, 6.07) is 12.5. The Kier molecular flexibility index (Phi) is 6.61. The summed E-state index contributed by atoms with van der Waals surface area (Å²) >= 11 is 1.70. The van der Waals surface area contributed by atoms with Crippen molar-refractivity contribution < 1.29 is 36.4 Å². The van der Waals surface area contributed by atoms with Gasteiger partial charge >= 0.3 is 11.0 Å². The van der Waals surface area contributed by atoms with E-state index in [-0.39, 0.29) is 10.7 Å². The first kappa shape index (κ1) is 27.0. The summed E-state index contributed by atoms with van der Waals surface area (Å²) in [6.45, 7) is -0.629. The van der Waals surface area contributed by atoms with Crippen LogP contribution >= 0.6 is 23.1 Å². The number of halogens is 4. The molecule has 0 aliphatic carbocycles. The van der Waals surface area contributed by atoms with E-state index in [1.54, 1.807) is 12.1 Å². The summed E-state index contributed by atoms with van der Waals surface area (Å²) in [5, 5.41) is 1.45. The number of furan rings is 1. The molecule has 1 N–H and O–H groups in total. The lowest BCUT2D eigenvalue weighted by Crippen LogP contribution is -2.32. The Morgan fingerprint density at radius 3 is 2.39 bits per heavy atom. The molecule has 3 unspecified atom stereocenters. The van der Waals surface area contributed by atoms with E-state index < -0.39 is 69.5 Å². The Bertz CT molecular complexity index is 1730. The van der Waals surface area contributed by atoms with Crippen molar-refractivity contribution in [3.8, 4) is 0 Å². The minimum Gasteiger partial charge on any atom is -0.469 e. The summed E-state index contributed by atoms with van der Waals surface area (Å²) in [6.07, 6.45) is -3.33. The number of carbonyl (C=O) groups is 3. The minimum atomic E-state index is -4.71. The van der Waals surface area contributed by atoms with E-state index in [1.165, 1.54) is 30.5 Å². The SMILES string of the molecule is O=C(Cn1c2c(sc1=O)C(c1ccco1)C1C(=O)N(c3ccc(F)cc3)C(=O)C1S2)Nc1ccccc1C(F)(F)F. The molecule has 14 heteroatoms. The third kappa shape index (κ3) is 4.66. The van der Waals surface area contributed by atoms with Gasteiger partial charge in [-0.2, -0.15) is 13.2 Å². The number of imide groups is 1. The lowest BCUT2D eigenvalue weighted by molar-refractivity contribution is -0.137. The van der Waals surface area contributed by atoms with Gasteiger partial charge < -0.3 is 9.73 Å². The van der Waals surface area contributed by atoms with E-state index in [1.807, 2.05) is 0 Å². The third-order valence-electron chi connectivity index (χ3n) is 6.79. The quantitative estimate of drug-likeness (QED) is 0.252. The van der Waals surface area contributed by atoms with Gasteiger partial charge in [-0.05, 0) is 48.5 Å². The van der Waals surface area contributed by atoms with Crippen LogP contribution in [-0.4, -0.2) is 27.5 Å². The average Bonchev–Trinajstić information content (AvgIpc) is 3.62. The Hall–Kier alpha value is -4.17. The van der Waals surface area contributed by atoms with Crippen LogP contribution in [0.15, 0.2) is 81.2 Å². The zero-order valence-electron chi connectivity index (χ0n) is 20.6. The number of aromatic nitrogens is 1. The first-order valence-electron chi connectivity index (χ1n) is 12.1. The van der Waals surface area contributed by atoms with Crippen LogP contribution in [0.5, 0.6) is 0 Å². The molecule has 1 fully saturated rings. The molecule has 3 atom stereocenters. The standard InChI is InChI=1S/C27H17F4N3O5S2/c28-13-7-9-14(10-8-13)34-23(36)20-19(17-6-3-11-39-17)22-25(40-21(20)24(34)37)33(26(38)41-22)12-18(35)32-16-5-2-1-4-15(16)27(29,30)31/h1-11,19-21H,12H2,(H,32,35). The van der Waals surface area contributed by atoms with Crippen LogP contribution in [0.25, 0.3) is 0 Å². The Balaban J connectivity index is 1.37. The van der Waals surface area contributed by atoms with Gasteiger partial charge in [-0.1, -0.05) is 35.2 Å². The molecule has 8 nitrogen and oxygen atoms in total. The molecule has 210 valence electrons. The number of fused-ring (bicyclic) bond motifs is 2. The highest BCUT2D eigenvalue weighted by atomic mass is 32.2. The molecular formula is C27H17F4N3O5S2. The fourth-order valence-corrected chi connectivity index (χ4v) is 7.80. The molecule has 2 aliphatic rings. The average molecular weight is 604 g/mol. The monoisotopic (exact) mass is 603 g/mol. The number of thioether (sulfide) groups is 1. The van der Waals surface area contributed by atoms with Crippen LogP contribution in [-0.2, 0) is 27.1 Å². The third-order valence-corrected chi connectivity index (χ3v) is 9.40. The molecule has 2 aromatic carbocycles. The van der Waals surface area contributed by atoms with Gasteiger partial charge in [0.25, 0.3) is 0 Å². The lowest BCUT2D eigenvalue weighted by atomic mass is 9.87. The van der Waals surface area contributed by atoms with E-state index in [0.29, 0.717) is 10.6 Å². The number of para-hydroxylation sites is 1. The Morgan fingerprint density at radius 1 is 0.976 bits per heavy atom. The number of amides is 3. The second kappa shape index (κ2) is 10.0. The van der Waals surface area contributed by atoms with Crippen molar-refractivity contribution in [3.05, 3.63) is 98.6 Å². The van der Waals surface area contributed by atoms with Gasteiger partial charge in [0.05, 0.1) is 44.9 Å². The molecule has 6 rings (SSSR count). The predicted octanol–water partition coefficient (Wildman–Crippen LogP) is 5.10. The number of alkyl halides is 3. The van der Waals surface area contributed by atoms with Gasteiger partial charge in [0.15, 0.2) is 0 Å².